The van der Waals surface area contributed by atoms with E-state index in [9.17, 15) is 18.4 Å². The van der Waals surface area contributed by atoms with E-state index in [2.05, 4.69) is 4.98 Å². The highest BCUT2D eigenvalue weighted by atomic mass is 32.1. The topological polar surface area (TPSA) is 36.7 Å². The van der Waals surface area contributed by atoms with Gasteiger partial charge in [0.1, 0.15) is 6.07 Å². The molecule has 0 aliphatic heterocycles. The Kier molecular flexibility index (Phi) is 4.12. The Morgan fingerprint density at radius 2 is 1.83 bits per heavy atom. The lowest BCUT2D eigenvalue weighted by Crippen LogP contribution is -2.10. The van der Waals surface area contributed by atoms with Crippen molar-refractivity contribution in [3.8, 4) is 27.9 Å². The van der Waals surface area contributed by atoms with Gasteiger partial charge in [-0.1, -0.05) is 35.9 Å². The van der Waals surface area contributed by atoms with Crippen LogP contribution in [0.5, 0.6) is 0 Å². The van der Waals surface area contributed by atoms with E-state index in [0.29, 0.717) is 10.4 Å². The number of nitriles is 1. The van der Waals surface area contributed by atoms with Gasteiger partial charge in [-0.05, 0) is 24.4 Å². The van der Waals surface area contributed by atoms with Crippen LogP contribution in [0, 0.1) is 18.3 Å². The number of aryl methyl sites for hydroxylation is 1. The second-order valence-electron chi connectivity index (χ2n) is 5.23. The molecular weight excluding hydrogens is 333 g/mol. The van der Waals surface area contributed by atoms with E-state index in [4.69, 9.17) is 0 Å². The molecular formula is C18H11F3N2S. The van der Waals surface area contributed by atoms with E-state index >= 15 is 0 Å². The molecule has 1 aromatic carbocycles. The maximum atomic E-state index is 13.4. The largest absolute Gasteiger partial charge is 0.417 e. The minimum absolute atomic E-state index is 0.0516. The predicted molar refractivity (Wildman–Crippen MR) is 87.4 cm³/mol. The Bertz CT molecular complexity index is 905. The van der Waals surface area contributed by atoms with Crippen molar-refractivity contribution in [3.05, 3.63) is 64.5 Å². The molecule has 0 unspecified atom stereocenters. The van der Waals surface area contributed by atoms with Gasteiger partial charge in [0, 0.05) is 5.56 Å². The number of aromatic nitrogens is 1. The molecule has 3 aromatic rings. The average Bonchev–Trinajstić information content (AvgIpc) is 3.08. The van der Waals surface area contributed by atoms with Crippen molar-refractivity contribution in [1.29, 1.82) is 5.26 Å². The molecule has 0 atom stereocenters. The highest BCUT2D eigenvalue weighted by Gasteiger charge is 2.36. The lowest BCUT2D eigenvalue weighted by atomic mass is 9.99. The first-order valence-corrected chi connectivity index (χ1v) is 7.91. The van der Waals surface area contributed by atoms with E-state index in [1.165, 1.54) is 11.3 Å². The van der Waals surface area contributed by atoms with Crippen LogP contribution in [-0.4, -0.2) is 4.98 Å². The van der Waals surface area contributed by atoms with Gasteiger partial charge in [-0.3, -0.25) is 0 Å². The third-order valence-corrected chi connectivity index (χ3v) is 4.43. The second-order valence-corrected chi connectivity index (χ2v) is 6.18. The van der Waals surface area contributed by atoms with Crippen molar-refractivity contribution in [1.82, 2.24) is 4.98 Å². The Hall–Kier alpha value is -2.65. The SMILES string of the molecule is Cc1ccc(-c2nc(-c3cccs3)cc(C(F)(F)F)c2C#N)cc1. The summed E-state index contributed by atoms with van der Waals surface area (Å²) in [6.45, 7) is 1.88. The van der Waals surface area contributed by atoms with Crippen molar-refractivity contribution >= 4 is 11.3 Å². The van der Waals surface area contributed by atoms with Crippen molar-refractivity contribution in [2.45, 2.75) is 13.1 Å². The maximum absolute atomic E-state index is 13.4. The zero-order chi connectivity index (χ0) is 17.3. The van der Waals surface area contributed by atoms with Crippen LogP contribution in [0.4, 0.5) is 13.2 Å². The van der Waals surface area contributed by atoms with Gasteiger partial charge in [-0.25, -0.2) is 4.98 Å². The van der Waals surface area contributed by atoms with Gasteiger partial charge in [0.25, 0.3) is 0 Å². The van der Waals surface area contributed by atoms with Crippen molar-refractivity contribution < 1.29 is 13.2 Å². The van der Waals surface area contributed by atoms with Gasteiger partial charge < -0.3 is 0 Å². The minimum Gasteiger partial charge on any atom is -0.246 e. The van der Waals surface area contributed by atoms with Gasteiger partial charge in [0.05, 0.1) is 27.4 Å². The van der Waals surface area contributed by atoms with Gasteiger partial charge >= 0.3 is 6.18 Å². The summed E-state index contributed by atoms with van der Waals surface area (Å²) in [5.41, 5.74) is 0.317. The molecule has 0 fully saturated rings. The number of hydrogen-bond donors (Lipinski definition) is 0. The lowest BCUT2D eigenvalue weighted by Gasteiger charge is -2.14. The van der Waals surface area contributed by atoms with Crippen molar-refractivity contribution in [2.24, 2.45) is 0 Å². The van der Waals surface area contributed by atoms with Crippen LogP contribution in [0.15, 0.2) is 47.8 Å². The molecule has 0 radical (unpaired) electrons. The molecule has 6 heteroatoms. The van der Waals surface area contributed by atoms with E-state index in [0.717, 1.165) is 11.6 Å². The molecule has 0 spiro atoms. The molecule has 0 amide bonds. The van der Waals surface area contributed by atoms with Gasteiger partial charge in [-0.15, -0.1) is 11.3 Å². The molecule has 3 rings (SSSR count). The van der Waals surface area contributed by atoms with Crippen molar-refractivity contribution in [2.75, 3.05) is 0 Å². The summed E-state index contributed by atoms with van der Waals surface area (Å²) in [5, 5.41) is 11.1. The molecule has 0 aliphatic rings. The number of pyridine rings is 1. The Labute approximate surface area is 140 Å². The molecule has 0 saturated carbocycles. The first-order chi connectivity index (χ1) is 11.4. The summed E-state index contributed by atoms with van der Waals surface area (Å²) in [5.74, 6) is 0. The smallest absolute Gasteiger partial charge is 0.246 e. The van der Waals surface area contributed by atoms with Crippen molar-refractivity contribution in [3.63, 3.8) is 0 Å². The van der Waals surface area contributed by atoms with E-state index in [-0.39, 0.29) is 11.4 Å². The first kappa shape index (κ1) is 16.2. The van der Waals surface area contributed by atoms with E-state index < -0.39 is 17.3 Å². The molecule has 120 valence electrons. The summed E-state index contributed by atoms with van der Waals surface area (Å²) in [4.78, 5) is 4.97. The summed E-state index contributed by atoms with van der Waals surface area (Å²) >= 11 is 1.30. The Balaban J connectivity index is 2.32. The highest BCUT2D eigenvalue weighted by Crippen LogP contribution is 2.38. The minimum atomic E-state index is -4.63. The fourth-order valence-corrected chi connectivity index (χ4v) is 3.04. The molecule has 0 aliphatic carbocycles. The van der Waals surface area contributed by atoms with Crippen LogP contribution in [0.3, 0.4) is 0 Å². The number of thiophene rings is 1. The van der Waals surface area contributed by atoms with Crippen LogP contribution in [0.25, 0.3) is 21.8 Å². The molecule has 2 heterocycles. The summed E-state index contributed by atoms with van der Waals surface area (Å²) in [6, 6.07) is 13.0. The summed E-state index contributed by atoms with van der Waals surface area (Å²) in [7, 11) is 0. The molecule has 2 nitrogen and oxygen atoms in total. The highest BCUT2D eigenvalue weighted by molar-refractivity contribution is 7.13. The number of halogens is 3. The van der Waals surface area contributed by atoms with E-state index in [1.807, 2.05) is 6.92 Å². The zero-order valence-electron chi connectivity index (χ0n) is 12.6. The quantitative estimate of drug-likeness (QED) is 0.600. The third kappa shape index (κ3) is 3.03. The van der Waals surface area contributed by atoms with Crippen LogP contribution >= 0.6 is 11.3 Å². The fourth-order valence-electron chi connectivity index (χ4n) is 2.35. The summed E-state index contributed by atoms with van der Waals surface area (Å²) in [6.07, 6.45) is -4.63. The normalized spacial score (nSPS) is 11.3. The number of alkyl halides is 3. The number of nitrogens with zero attached hydrogens (tertiary/aromatic N) is 2. The van der Waals surface area contributed by atoms with Gasteiger partial charge in [0.2, 0.25) is 0 Å². The Morgan fingerprint density at radius 3 is 2.38 bits per heavy atom. The van der Waals surface area contributed by atoms with Gasteiger partial charge in [0.15, 0.2) is 0 Å². The van der Waals surface area contributed by atoms with Crippen LogP contribution < -0.4 is 0 Å². The molecule has 0 N–H and O–H groups in total. The molecule has 0 saturated heterocycles. The van der Waals surface area contributed by atoms with Gasteiger partial charge in [-0.2, -0.15) is 18.4 Å². The first-order valence-electron chi connectivity index (χ1n) is 7.03. The summed E-state index contributed by atoms with van der Waals surface area (Å²) < 4.78 is 40.3. The molecule has 2 aromatic heterocycles. The Morgan fingerprint density at radius 1 is 1.12 bits per heavy atom. The standard InChI is InChI=1S/C18H11F3N2S/c1-11-4-6-12(7-5-11)17-13(10-22)14(18(19,20)21)9-15(23-17)16-3-2-8-24-16/h2-9H,1H3. The average molecular weight is 344 g/mol. The fraction of sp³-hybridized carbons (Fsp3) is 0.111. The lowest BCUT2D eigenvalue weighted by molar-refractivity contribution is -0.137. The van der Waals surface area contributed by atoms with Crippen LogP contribution in [-0.2, 0) is 6.18 Å². The number of hydrogen-bond acceptors (Lipinski definition) is 3. The maximum Gasteiger partial charge on any atom is 0.417 e. The van der Waals surface area contributed by atoms with E-state index in [1.54, 1.807) is 47.8 Å². The van der Waals surface area contributed by atoms with Crippen LogP contribution in [0.2, 0.25) is 0 Å². The second kappa shape index (κ2) is 6.10. The monoisotopic (exact) mass is 344 g/mol. The molecule has 0 bridgehead atoms. The predicted octanol–water partition coefficient (Wildman–Crippen LogP) is 5.68. The third-order valence-electron chi connectivity index (χ3n) is 3.54. The molecule has 24 heavy (non-hydrogen) atoms. The zero-order valence-corrected chi connectivity index (χ0v) is 13.4. The number of benzene rings is 1. The van der Waals surface area contributed by atoms with Crippen LogP contribution in [0.1, 0.15) is 16.7 Å². The number of rotatable bonds is 2.